The van der Waals surface area contributed by atoms with Crippen LogP contribution < -0.4 is 14.8 Å². The monoisotopic (exact) mass is 351 g/mol. The zero-order chi connectivity index (χ0) is 17.5. The number of ether oxygens (including phenoxy) is 2. The van der Waals surface area contributed by atoms with Gasteiger partial charge in [-0.05, 0) is 36.8 Å². The molecule has 2 rings (SSSR count). The van der Waals surface area contributed by atoms with E-state index in [0.717, 1.165) is 18.9 Å². The molecule has 0 spiro atoms. The number of carbonyl (C=O) groups excluding carboxylic acids is 1. The van der Waals surface area contributed by atoms with Crippen molar-refractivity contribution in [2.45, 2.75) is 19.8 Å². The van der Waals surface area contributed by atoms with Gasteiger partial charge in [0.05, 0.1) is 25.0 Å². The topological polar surface area (TPSA) is 47.6 Å². The molecule has 0 unspecified atom stereocenters. The van der Waals surface area contributed by atoms with E-state index in [1.807, 2.05) is 0 Å². The number of anilines is 1. The van der Waals surface area contributed by atoms with E-state index in [9.17, 15) is 9.18 Å². The molecule has 0 atom stereocenters. The molecular formula is C18H19ClFNO3. The fourth-order valence-corrected chi connectivity index (χ4v) is 2.22. The van der Waals surface area contributed by atoms with Gasteiger partial charge >= 0.3 is 0 Å². The number of methoxy groups -OCH3 is 1. The van der Waals surface area contributed by atoms with Gasteiger partial charge in [0, 0.05) is 11.1 Å². The molecule has 0 radical (unpaired) electrons. The Labute approximate surface area is 145 Å². The lowest BCUT2D eigenvalue weighted by Gasteiger charge is -2.14. The van der Waals surface area contributed by atoms with E-state index >= 15 is 0 Å². The maximum Gasteiger partial charge on any atom is 0.258 e. The minimum atomic E-state index is -0.645. The fourth-order valence-electron chi connectivity index (χ4n) is 2.05. The van der Waals surface area contributed by atoms with Crippen LogP contribution in [0.4, 0.5) is 10.1 Å². The minimum Gasteiger partial charge on any atom is -0.497 e. The molecule has 0 fully saturated rings. The number of amides is 1. The van der Waals surface area contributed by atoms with Crippen molar-refractivity contribution in [3.63, 3.8) is 0 Å². The maximum atomic E-state index is 13.8. The first-order chi connectivity index (χ1) is 11.5. The van der Waals surface area contributed by atoms with Crippen LogP contribution >= 0.6 is 11.6 Å². The summed E-state index contributed by atoms with van der Waals surface area (Å²) in [6.07, 6.45) is 1.88. The van der Waals surface area contributed by atoms with Crippen LogP contribution in [-0.4, -0.2) is 19.6 Å². The Morgan fingerprint density at radius 3 is 2.75 bits per heavy atom. The van der Waals surface area contributed by atoms with Gasteiger partial charge < -0.3 is 14.8 Å². The summed E-state index contributed by atoms with van der Waals surface area (Å²) in [6.45, 7) is 2.58. The number of hydrogen-bond donors (Lipinski definition) is 1. The number of unbranched alkanes of at least 4 members (excludes halogenated alkanes) is 1. The van der Waals surface area contributed by atoms with Gasteiger partial charge in [-0.1, -0.05) is 24.9 Å². The van der Waals surface area contributed by atoms with E-state index in [1.54, 1.807) is 18.2 Å². The second kappa shape index (κ2) is 8.55. The SMILES string of the molecule is CCCCOc1ccc(OC)cc1NC(=O)c1cc(Cl)ccc1F. The lowest BCUT2D eigenvalue weighted by molar-refractivity contribution is 0.102. The Kier molecular flexibility index (Phi) is 6.44. The molecule has 0 heterocycles. The zero-order valence-corrected chi connectivity index (χ0v) is 14.3. The highest BCUT2D eigenvalue weighted by molar-refractivity contribution is 6.31. The number of rotatable bonds is 7. The van der Waals surface area contributed by atoms with E-state index in [0.29, 0.717) is 23.8 Å². The molecule has 1 N–H and O–H groups in total. The van der Waals surface area contributed by atoms with Crippen LogP contribution in [0.15, 0.2) is 36.4 Å². The number of hydrogen-bond acceptors (Lipinski definition) is 3. The molecule has 128 valence electrons. The maximum absolute atomic E-state index is 13.8. The van der Waals surface area contributed by atoms with Crippen molar-refractivity contribution in [3.8, 4) is 11.5 Å². The van der Waals surface area contributed by atoms with Crippen LogP contribution in [0, 0.1) is 5.82 Å². The molecule has 2 aromatic rings. The van der Waals surface area contributed by atoms with Gasteiger partial charge in [0.2, 0.25) is 0 Å². The first-order valence-corrected chi connectivity index (χ1v) is 8.00. The van der Waals surface area contributed by atoms with E-state index in [-0.39, 0.29) is 10.6 Å². The van der Waals surface area contributed by atoms with Gasteiger partial charge in [-0.25, -0.2) is 4.39 Å². The van der Waals surface area contributed by atoms with Gasteiger partial charge in [-0.15, -0.1) is 0 Å². The number of carbonyl (C=O) groups is 1. The molecule has 0 aliphatic rings. The summed E-state index contributed by atoms with van der Waals surface area (Å²) in [4.78, 5) is 12.4. The predicted octanol–water partition coefficient (Wildman–Crippen LogP) is 4.92. The van der Waals surface area contributed by atoms with Gasteiger partial charge in [0.15, 0.2) is 0 Å². The quantitative estimate of drug-likeness (QED) is 0.720. The van der Waals surface area contributed by atoms with Crippen molar-refractivity contribution in [1.82, 2.24) is 0 Å². The first-order valence-electron chi connectivity index (χ1n) is 7.62. The second-order valence-electron chi connectivity index (χ2n) is 5.14. The first kappa shape index (κ1) is 18.1. The van der Waals surface area contributed by atoms with Crippen molar-refractivity contribution < 1.29 is 18.7 Å². The molecule has 0 aliphatic carbocycles. The number of benzene rings is 2. The molecule has 0 aromatic heterocycles. The highest BCUT2D eigenvalue weighted by Gasteiger charge is 2.15. The third-order valence-corrected chi connectivity index (χ3v) is 3.60. The smallest absolute Gasteiger partial charge is 0.258 e. The van der Waals surface area contributed by atoms with E-state index < -0.39 is 11.7 Å². The average molecular weight is 352 g/mol. The van der Waals surface area contributed by atoms with Crippen molar-refractivity contribution in [3.05, 3.63) is 52.8 Å². The Hall–Kier alpha value is -2.27. The number of nitrogens with one attached hydrogen (secondary N) is 1. The van der Waals surface area contributed by atoms with Crippen molar-refractivity contribution in [2.24, 2.45) is 0 Å². The Morgan fingerprint density at radius 1 is 1.25 bits per heavy atom. The zero-order valence-electron chi connectivity index (χ0n) is 13.6. The van der Waals surface area contributed by atoms with Gasteiger partial charge in [0.25, 0.3) is 5.91 Å². The van der Waals surface area contributed by atoms with Crippen LogP contribution in [-0.2, 0) is 0 Å². The summed E-state index contributed by atoms with van der Waals surface area (Å²) in [7, 11) is 1.52. The molecule has 0 bridgehead atoms. The summed E-state index contributed by atoms with van der Waals surface area (Å²) in [6, 6.07) is 8.89. The van der Waals surface area contributed by atoms with E-state index in [4.69, 9.17) is 21.1 Å². The summed E-state index contributed by atoms with van der Waals surface area (Å²) >= 11 is 5.84. The van der Waals surface area contributed by atoms with Crippen LogP contribution in [0.5, 0.6) is 11.5 Å². The third kappa shape index (κ3) is 4.61. The summed E-state index contributed by atoms with van der Waals surface area (Å²) in [5.74, 6) is -0.198. The lowest BCUT2D eigenvalue weighted by atomic mass is 10.2. The fraction of sp³-hybridized carbons (Fsp3) is 0.278. The summed E-state index contributed by atoms with van der Waals surface area (Å²) < 4.78 is 24.7. The van der Waals surface area contributed by atoms with Crippen LogP contribution in [0.1, 0.15) is 30.1 Å². The molecule has 1 amide bonds. The molecule has 24 heavy (non-hydrogen) atoms. The Balaban J connectivity index is 2.25. The van der Waals surface area contributed by atoms with Gasteiger partial charge in [0.1, 0.15) is 17.3 Å². The van der Waals surface area contributed by atoms with Crippen LogP contribution in [0.3, 0.4) is 0 Å². The van der Waals surface area contributed by atoms with Gasteiger partial charge in [-0.2, -0.15) is 0 Å². The van der Waals surface area contributed by atoms with Crippen LogP contribution in [0.25, 0.3) is 0 Å². The molecule has 0 aliphatic heterocycles. The molecule has 6 heteroatoms. The standard InChI is InChI=1S/C18H19ClFNO3/c1-3-4-9-24-17-8-6-13(23-2)11-16(17)21-18(22)14-10-12(19)5-7-15(14)20/h5-8,10-11H,3-4,9H2,1-2H3,(H,21,22). The second-order valence-corrected chi connectivity index (χ2v) is 5.58. The van der Waals surface area contributed by atoms with E-state index in [2.05, 4.69) is 12.2 Å². The molecule has 2 aromatic carbocycles. The summed E-state index contributed by atoms with van der Waals surface area (Å²) in [5.41, 5.74) is 0.277. The molecule has 0 saturated heterocycles. The number of halogens is 2. The van der Waals surface area contributed by atoms with Crippen molar-refractivity contribution in [1.29, 1.82) is 0 Å². The van der Waals surface area contributed by atoms with Crippen molar-refractivity contribution >= 4 is 23.2 Å². The third-order valence-electron chi connectivity index (χ3n) is 3.36. The summed E-state index contributed by atoms with van der Waals surface area (Å²) in [5, 5.41) is 2.94. The predicted molar refractivity (Wildman–Crippen MR) is 92.8 cm³/mol. The molecule has 4 nitrogen and oxygen atoms in total. The van der Waals surface area contributed by atoms with Gasteiger partial charge in [-0.3, -0.25) is 4.79 Å². The minimum absolute atomic E-state index is 0.134. The largest absolute Gasteiger partial charge is 0.497 e. The highest BCUT2D eigenvalue weighted by atomic mass is 35.5. The highest BCUT2D eigenvalue weighted by Crippen LogP contribution is 2.30. The Bertz CT molecular complexity index is 721. The Morgan fingerprint density at radius 2 is 2.04 bits per heavy atom. The van der Waals surface area contributed by atoms with Crippen molar-refractivity contribution in [2.75, 3.05) is 19.0 Å². The normalized spacial score (nSPS) is 10.3. The van der Waals surface area contributed by atoms with E-state index in [1.165, 1.54) is 19.2 Å². The lowest BCUT2D eigenvalue weighted by Crippen LogP contribution is -2.15. The average Bonchev–Trinajstić information content (AvgIpc) is 2.58. The molecule has 0 saturated carbocycles. The molecular weight excluding hydrogens is 333 g/mol. The van der Waals surface area contributed by atoms with Crippen LogP contribution in [0.2, 0.25) is 5.02 Å².